The van der Waals surface area contributed by atoms with Crippen molar-refractivity contribution in [2.24, 2.45) is 0 Å². The molecule has 0 bridgehead atoms. The van der Waals surface area contributed by atoms with Crippen molar-refractivity contribution in [2.75, 3.05) is 12.3 Å². The van der Waals surface area contributed by atoms with E-state index >= 15 is 0 Å². The van der Waals surface area contributed by atoms with Gasteiger partial charge in [0.1, 0.15) is 5.75 Å². The lowest BCUT2D eigenvalue weighted by Gasteiger charge is -2.08. The van der Waals surface area contributed by atoms with Crippen molar-refractivity contribution in [3.63, 3.8) is 0 Å². The van der Waals surface area contributed by atoms with Gasteiger partial charge in [0.15, 0.2) is 0 Å². The molecule has 0 saturated heterocycles. The number of aromatic nitrogens is 1. The van der Waals surface area contributed by atoms with E-state index < -0.39 is 0 Å². The highest BCUT2D eigenvalue weighted by Gasteiger charge is 2.03. The average Bonchev–Trinajstić information content (AvgIpc) is 2.90. The van der Waals surface area contributed by atoms with Crippen LogP contribution in [0, 0.1) is 0 Å². The molecule has 108 valence electrons. The summed E-state index contributed by atoms with van der Waals surface area (Å²) in [5, 5.41) is 1.25. The van der Waals surface area contributed by atoms with Crippen molar-refractivity contribution in [3.05, 3.63) is 59.2 Å². The summed E-state index contributed by atoms with van der Waals surface area (Å²) in [4.78, 5) is 0. The van der Waals surface area contributed by atoms with Crippen LogP contribution in [0.2, 0.25) is 0 Å². The SMILES string of the molecule is Nc1ccc(OCCCn2ccc3c(Br)cccc32)cc1. The van der Waals surface area contributed by atoms with Crippen molar-refractivity contribution in [3.8, 4) is 5.75 Å². The zero-order valence-corrected chi connectivity index (χ0v) is 13.2. The summed E-state index contributed by atoms with van der Waals surface area (Å²) in [6.07, 6.45) is 3.08. The van der Waals surface area contributed by atoms with Crippen LogP contribution in [0.3, 0.4) is 0 Å². The van der Waals surface area contributed by atoms with Crippen molar-refractivity contribution in [1.29, 1.82) is 0 Å². The Hall–Kier alpha value is -1.94. The number of nitrogen functional groups attached to an aromatic ring is 1. The first-order valence-electron chi connectivity index (χ1n) is 6.96. The number of aryl methyl sites for hydroxylation is 1. The normalized spacial score (nSPS) is 10.9. The minimum absolute atomic E-state index is 0.692. The predicted octanol–water partition coefficient (Wildman–Crippen LogP) is 4.46. The Morgan fingerprint density at radius 1 is 1.05 bits per heavy atom. The van der Waals surface area contributed by atoms with E-state index in [1.807, 2.05) is 24.3 Å². The van der Waals surface area contributed by atoms with Crippen LogP contribution in [0.25, 0.3) is 10.9 Å². The van der Waals surface area contributed by atoms with Crippen LogP contribution >= 0.6 is 15.9 Å². The first-order valence-corrected chi connectivity index (χ1v) is 7.75. The highest BCUT2D eigenvalue weighted by atomic mass is 79.9. The lowest BCUT2D eigenvalue weighted by molar-refractivity contribution is 0.302. The van der Waals surface area contributed by atoms with Gasteiger partial charge >= 0.3 is 0 Å². The molecule has 0 unspecified atom stereocenters. The molecule has 0 atom stereocenters. The Morgan fingerprint density at radius 2 is 1.86 bits per heavy atom. The molecule has 0 saturated carbocycles. The van der Waals surface area contributed by atoms with Gasteiger partial charge in [-0.1, -0.05) is 22.0 Å². The van der Waals surface area contributed by atoms with E-state index in [0.717, 1.165) is 28.9 Å². The molecular formula is C17H17BrN2O. The van der Waals surface area contributed by atoms with Crippen LogP contribution in [-0.2, 0) is 6.54 Å². The maximum absolute atomic E-state index is 5.72. The van der Waals surface area contributed by atoms with Crippen LogP contribution in [0.1, 0.15) is 6.42 Å². The van der Waals surface area contributed by atoms with Gasteiger partial charge in [-0.15, -0.1) is 0 Å². The summed E-state index contributed by atoms with van der Waals surface area (Å²) in [5.41, 5.74) is 7.65. The van der Waals surface area contributed by atoms with Gasteiger partial charge in [0.2, 0.25) is 0 Å². The lowest BCUT2D eigenvalue weighted by Crippen LogP contribution is -2.03. The van der Waals surface area contributed by atoms with E-state index in [4.69, 9.17) is 10.5 Å². The molecule has 0 aliphatic rings. The summed E-state index contributed by atoms with van der Waals surface area (Å²) in [6.45, 7) is 1.63. The molecule has 4 heteroatoms. The molecule has 0 amide bonds. The maximum atomic E-state index is 5.72. The standard InChI is InChI=1S/C17H17BrN2O/c18-16-3-1-4-17-15(16)9-11-20(17)10-2-12-21-14-7-5-13(19)6-8-14/h1,3-9,11H,2,10,12,19H2. The van der Waals surface area contributed by atoms with E-state index in [9.17, 15) is 0 Å². The fourth-order valence-corrected chi connectivity index (χ4v) is 2.86. The van der Waals surface area contributed by atoms with E-state index in [2.05, 4.69) is 51.0 Å². The van der Waals surface area contributed by atoms with Gasteiger partial charge in [0, 0.05) is 33.8 Å². The predicted molar refractivity (Wildman–Crippen MR) is 90.6 cm³/mol. The monoisotopic (exact) mass is 344 g/mol. The molecule has 0 aliphatic heterocycles. The third-order valence-corrected chi connectivity index (χ3v) is 4.14. The minimum atomic E-state index is 0.692. The molecule has 1 aromatic heterocycles. The Labute approximate surface area is 132 Å². The Morgan fingerprint density at radius 3 is 2.67 bits per heavy atom. The van der Waals surface area contributed by atoms with Crippen molar-refractivity contribution in [1.82, 2.24) is 4.57 Å². The second-order valence-electron chi connectivity index (χ2n) is 4.95. The third-order valence-electron chi connectivity index (χ3n) is 3.45. The van der Waals surface area contributed by atoms with Gasteiger partial charge < -0.3 is 15.0 Å². The summed E-state index contributed by atoms with van der Waals surface area (Å²) in [5.74, 6) is 0.865. The van der Waals surface area contributed by atoms with Crippen LogP contribution in [-0.4, -0.2) is 11.2 Å². The quantitative estimate of drug-likeness (QED) is 0.548. The molecule has 2 aromatic carbocycles. The Balaban J connectivity index is 1.57. The minimum Gasteiger partial charge on any atom is -0.494 e. The number of halogens is 1. The third kappa shape index (κ3) is 3.22. The summed E-state index contributed by atoms with van der Waals surface area (Å²) >= 11 is 3.58. The summed E-state index contributed by atoms with van der Waals surface area (Å²) in [6, 6.07) is 15.9. The molecule has 0 aliphatic carbocycles. The number of hydrogen-bond acceptors (Lipinski definition) is 2. The number of hydrogen-bond donors (Lipinski definition) is 1. The van der Waals surface area contributed by atoms with Gasteiger partial charge in [-0.2, -0.15) is 0 Å². The maximum Gasteiger partial charge on any atom is 0.119 e. The number of ether oxygens (including phenoxy) is 1. The van der Waals surface area contributed by atoms with Gasteiger partial charge in [-0.05, 0) is 48.9 Å². The molecule has 3 aromatic rings. The molecule has 21 heavy (non-hydrogen) atoms. The number of benzene rings is 2. The zero-order valence-electron chi connectivity index (χ0n) is 11.6. The van der Waals surface area contributed by atoms with E-state index in [1.165, 1.54) is 10.9 Å². The van der Waals surface area contributed by atoms with Crippen LogP contribution in [0.15, 0.2) is 59.2 Å². The second-order valence-corrected chi connectivity index (χ2v) is 5.81. The molecule has 0 fully saturated rings. The Kier molecular flexibility index (Phi) is 4.15. The van der Waals surface area contributed by atoms with Gasteiger partial charge in [0.25, 0.3) is 0 Å². The van der Waals surface area contributed by atoms with Gasteiger partial charge in [-0.25, -0.2) is 0 Å². The van der Waals surface area contributed by atoms with Crippen molar-refractivity contribution in [2.45, 2.75) is 13.0 Å². The van der Waals surface area contributed by atoms with Crippen LogP contribution in [0.5, 0.6) is 5.75 Å². The fourth-order valence-electron chi connectivity index (χ4n) is 2.37. The fraction of sp³-hybridized carbons (Fsp3) is 0.176. The summed E-state index contributed by atoms with van der Waals surface area (Å²) < 4.78 is 9.11. The number of anilines is 1. The van der Waals surface area contributed by atoms with Crippen LogP contribution < -0.4 is 10.5 Å². The average molecular weight is 345 g/mol. The van der Waals surface area contributed by atoms with Crippen molar-refractivity contribution >= 4 is 32.5 Å². The molecule has 3 rings (SSSR count). The lowest BCUT2D eigenvalue weighted by atomic mass is 10.2. The topological polar surface area (TPSA) is 40.2 Å². The molecule has 3 nitrogen and oxygen atoms in total. The number of rotatable bonds is 5. The first-order chi connectivity index (χ1) is 10.2. The van der Waals surface area contributed by atoms with Crippen molar-refractivity contribution < 1.29 is 4.74 Å². The summed E-state index contributed by atoms with van der Waals surface area (Å²) in [7, 11) is 0. The second kappa shape index (κ2) is 6.22. The van der Waals surface area contributed by atoms with E-state index in [0.29, 0.717) is 6.61 Å². The number of nitrogens with zero attached hydrogens (tertiary/aromatic N) is 1. The number of nitrogens with two attached hydrogens (primary N) is 1. The number of fused-ring (bicyclic) bond motifs is 1. The highest BCUT2D eigenvalue weighted by Crippen LogP contribution is 2.24. The molecular weight excluding hydrogens is 328 g/mol. The largest absolute Gasteiger partial charge is 0.494 e. The van der Waals surface area contributed by atoms with Crippen LogP contribution in [0.4, 0.5) is 5.69 Å². The smallest absolute Gasteiger partial charge is 0.119 e. The molecule has 1 heterocycles. The van der Waals surface area contributed by atoms with E-state index in [1.54, 1.807) is 0 Å². The molecule has 0 radical (unpaired) electrons. The molecule has 2 N–H and O–H groups in total. The highest BCUT2D eigenvalue weighted by molar-refractivity contribution is 9.10. The van der Waals surface area contributed by atoms with Gasteiger partial charge in [0.05, 0.1) is 6.61 Å². The van der Waals surface area contributed by atoms with Gasteiger partial charge in [-0.3, -0.25) is 0 Å². The molecule has 0 spiro atoms. The Bertz CT molecular complexity index is 734. The first kappa shape index (κ1) is 14.0. The zero-order chi connectivity index (χ0) is 14.7. The van der Waals surface area contributed by atoms with E-state index in [-0.39, 0.29) is 0 Å².